The Morgan fingerprint density at radius 1 is 1.75 bits per heavy atom. The van der Waals surface area contributed by atoms with E-state index in [9.17, 15) is 14.9 Å². The molecule has 0 radical (unpaired) electrons. The number of alkyl halides is 1. The Kier molecular flexibility index (Phi) is 3.34. The van der Waals surface area contributed by atoms with Crippen LogP contribution in [0.1, 0.15) is 0 Å². The molecule has 0 spiro atoms. The van der Waals surface area contributed by atoms with Crippen molar-refractivity contribution < 1.29 is 9.72 Å². The van der Waals surface area contributed by atoms with Crippen molar-refractivity contribution in [3.63, 3.8) is 0 Å². The minimum atomic E-state index is -0.649. The number of hydrogen-bond donors (Lipinski definition) is 0. The van der Waals surface area contributed by atoms with Crippen LogP contribution in [0.5, 0.6) is 0 Å². The van der Waals surface area contributed by atoms with E-state index < -0.39 is 17.3 Å². The van der Waals surface area contributed by atoms with Crippen molar-refractivity contribution >= 4 is 21.7 Å². The van der Waals surface area contributed by atoms with Gasteiger partial charge in [0.2, 0.25) is 5.78 Å². The molecule has 0 aromatic rings. The second kappa shape index (κ2) is 3.54. The van der Waals surface area contributed by atoms with Crippen LogP contribution < -0.4 is 0 Å². The predicted molar refractivity (Wildman–Crippen MR) is 30.7 cm³/mol. The fourth-order valence-electron chi connectivity index (χ4n) is 0.186. The number of ketones is 1. The summed E-state index contributed by atoms with van der Waals surface area (Å²) in [6.45, 7) is -0.578. The number of carbonyl (C=O) groups is 1. The molecule has 0 amide bonds. The molecule has 0 N–H and O–H groups in total. The molecule has 0 unspecified atom stereocenters. The van der Waals surface area contributed by atoms with Gasteiger partial charge in [-0.3, -0.25) is 14.9 Å². The Morgan fingerprint density at radius 3 is 2.38 bits per heavy atom. The molecule has 0 heterocycles. The number of halogens is 1. The normalized spacial score (nSPS) is 8.62. The quantitative estimate of drug-likeness (QED) is 0.356. The summed E-state index contributed by atoms with van der Waals surface area (Å²) in [5, 5.41) is 9.60. The van der Waals surface area contributed by atoms with Crippen LogP contribution in [-0.2, 0) is 4.79 Å². The number of nitrogens with zero attached hydrogens (tertiary/aromatic N) is 1. The van der Waals surface area contributed by atoms with Gasteiger partial charge in [-0.1, -0.05) is 15.9 Å². The standard InChI is InChI=1S/C3H4BrNO3/c4-1-3(6)2-5(7)8/h1-2H2. The van der Waals surface area contributed by atoms with Crippen molar-refractivity contribution in [2.75, 3.05) is 11.9 Å². The number of Topliss-reactive ketones (excluding diaryl/α,β-unsaturated/α-hetero) is 1. The number of rotatable bonds is 3. The van der Waals surface area contributed by atoms with E-state index in [1.54, 1.807) is 0 Å². The van der Waals surface area contributed by atoms with Gasteiger partial charge < -0.3 is 0 Å². The molecule has 0 atom stereocenters. The molecule has 46 valence electrons. The van der Waals surface area contributed by atoms with Crippen LogP contribution >= 0.6 is 15.9 Å². The van der Waals surface area contributed by atoms with Gasteiger partial charge in [0.15, 0.2) is 0 Å². The molecule has 0 saturated heterocycles. The minimum absolute atomic E-state index is 0.0635. The topological polar surface area (TPSA) is 60.2 Å². The average Bonchev–Trinajstić information content (AvgIpc) is 1.65. The molecule has 0 aromatic heterocycles. The van der Waals surface area contributed by atoms with Gasteiger partial charge >= 0.3 is 0 Å². The first-order valence-electron chi connectivity index (χ1n) is 1.86. The van der Waals surface area contributed by atoms with Crippen molar-refractivity contribution in [2.24, 2.45) is 0 Å². The average molecular weight is 182 g/mol. The zero-order valence-electron chi connectivity index (χ0n) is 3.96. The molecule has 0 aliphatic carbocycles. The van der Waals surface area contributed by atoms with Crippen LogP contribution in [0.4, 0.5) is 0 Å². The Labute approximate surface area is 54.2 Å². The first-order chi connectivity index (χ1) is 3.66. The second-order valence-corrected chi connectivity index (χ2v) is 1.72. The lowest BCUT2D eigenvalue weighted by molar-refractivity contribution is -0.467. The molecule has 0 aromatic carbocycles. The summed E-state index contributed by atoms with van der Waals surface area (Å²) >= 11 is 2.79. The Bertz CT molecular complexity index is 113. The molecule has 5 heteroatoms. The first kappa shape index (κ1) is 7.55. The fourth-order valence-corrected chi connectivity index (χ4v) is 0.364. The van der Waals surface area contributed by atoms with E-state index in [4.69, 9.17) is 0 Å². The third-order valence-electron chi connectivity index (χ3n) is 0.454. The third kappa shape index (κ3) is 3.73. The van der Waals surface area contributed by atoms with Gasteiger partial charge in [-0.15, -0.1) is 0 Å². The summed E-state index contributed by atoms with van der Waals surface area (Å²) in [7, 11) is 0. The van der Waals surface area contributed by atoms with Crippen LogP contribution in [0.15, 0.2) is 0 Å². The zero-order valence-corrected chi connectivity index (χ0v) is 5.55. The summed E-state index contributed by atoms with van der Waals surface area (Å²) in [4.78, 5) is 19.0. The highest BCUT2D eigenvalue weighted by atomic mass is 79.9. The highest BCUT2D eigenvalue weighted by Gasteiger charge is 2.05. The lowest BCUT2D eigenvalue weighted by Crippen LogP contribution is -2.13. The Hall–Kier alpha value is -0.450. The molecule has 4 nitrogen and oxygen atoms in total. The summed E-state index contributed by atoms with van der Waals surface area (Å²) in [6.07, 6.45) is 0. The largest absolute Gasteiger partial charge is 0.291 e. The third-order valence-corrected chi connectivity index (χ3v) is 1.08. The lowest BCUT2D eigenvalue weighted by atomic mass is 10.5. The van der Waals surface area contributed by atoms with Crippen molar-refractivity contribution in [3.05, 3.63) is 10.1 Å². The number of hydrogen-bond acceptors (Lipinski definition) is 3. The van der Waals surface area contributed by atoms with E-state index in [0.717, 1.165) is 0 Å². The smallest absolute Gasteiger partial charge is 0.262 e. The molecule has 0 aliphatic heterocycles. The van der Waals surface area contributed by atoms with Gasteiger partial charge in [-0.2, -0.15) is 0 Å². The van der Waals surface area contributed by atoms with Crippen LogP contribution in [0.25, 0.3) is 0 Å². The SMILES string of the molecule is O=C(CBr)C[N+](=O)[O-]. The van der Waals surface area contributed by atoms with Crippen LogP contribution in [0.2, 0.25) is 0 Å². The van der Waals surface area contributed by atoms with E-state index in [0.29, 0.717) is 0 Å². The van der Waals surface area contributed by atoms with Crippen molar-refractivity contribution in [1.82, 2.24) is 0 Å². The Balaban J connectivity index is 3.40. The van der Waals surface area contributed by atoms with Crippen LogP contribution in [-0.4, -0.2) is 22.6 Å². The second-order valence-electron chi connectivity index (χ2n) is 1.16. The first-order valence-corrected chi connectivity index (χ1v) is 2.98. The summed E-state index contributed by atoms with van der Waals surface area (Å²) in [5.74, 6) is -0.407. The summed E-state index contributed by atoms with van der Waals surface area (Å²) < 4.78 is 0. The molecular formula is C3H4BrNO3. The molecule has 0 saturated carbocycles. The summed E-state index contributed by atoms with van der Waals surface area (Å²) in [6, 6.07) is 0. The molecular weight excluding hydrogens is 178 g/mol. The van der Waals surface area contributed by atoms with Gasteiger partial charge in [-0.05, 0) is 0 Å². The van der Waals surface area contributed by atoms with E-state index >= 15 is 0 Å². The highest BCUT2D eigenvalue weighted by molar-refractivity contribution is 9.09. The maximum atomic E-state index is 10.1. The Morgan fingerprint density at radius 2 is 2.25 bits per heavy atom. The van der Waals surface area contributed by atoms with Crippen molar-refractivity contribution in [1.29, 1.82) is 0 Å². The van der Waals surface area contributed by atoms with Crippen molar-refractivity contribution in [2.45, 2.75) is 0 Å². The maximum absolute atomic E-state index is 10.1. The van der Waals surface area contributed by atoms with Gasteiger partial charge in [0.05, 0.1) is 5.33 Å². The monoisotopic (exact) mass is 181 g/mol. The van der Waals surface area contributed by atoms with Crippen LogP contribution in [0, 0.1) is 10.1 Å². The highest BCUT2D eigenvalue weighted by Crippen LogP contribution is 1.81. The predicted octanol–water partition coefficient (Wildman–Crippen LogP) is 0.227. The van der Waals surface area contributed by atoms with Gasteiger partial charge in [-0.25, -0.2) is 0 Å². The number of nitro groups is 1. The fraction of sp³-hybridized carbons (Fsp3) is 0.667. The van der Waals surface area contributed by atoms with Gasteiger partial charge in [0.25, 0.3) is 6.54 Å². The van der Waals surface area contributed by atoms with Gasteiger partial charge in [0, 0.05) is 4.92 Å². The van der Waals surface area contributed by atoms with Crippen molar-refractivity contribution in [3.8, 4) is 0 Å². The lowest BCUT2D eigenvalue weighted by Gasteiger charge is -1.84. The van der Waals surface area contributed by atoms with Crippen LogP contribution in [0.3, 0.4) is 0 Å². The van der Waals surface area contributed by atoms with E-state index in [2.05, 4.69) is 15.9 Å². The van der Waals surface area contributed by atoms with Gasteiger partial charge in [0.1, 0.15) is 0 Å². The van der Waals surface area contributed by atoms with E-state index in [-0.39, 0.29) is 5.33 Å². The minimum Gasteiger partial charge on any atom is -0.291 e. The van der Waals surface area contributed by atoms with E-state index in [1.807, 2.05) is 0 Å². The summed E-state index contributed by atoms with van der Waals surface area (Å²) in [5.41, 5.74) is 0. The number of carbonyl (C=O) groups excluding carboxylic acids is 1. The molecule has 0 aliphatic rings. The molecule has 0 rings (SSSR count). The molecule has 0 fully saturated rings. The zero-order chi connectivity index (χ0) is 6.57. The van der Waals surface area contributed by atoms with E-state index in [1.165, 1.54) is 0 Å². The maximum Gasteiger partial charge on any atom is 0.262 e. The molecule has 0 bridgehead atoms. The molecule has 8 heavy (non-hydrogen) atoms.